The van der Waals surface area contributed by atoms with Crippen LogP contribution in [0.2, 0.25) is 0 Å². The Morgan fingerprint density at radius 1 is 1.36 bits per heavy atom. The van der Waals surface area contributed by atoms with Crippen LogP contribution in [0, 0.1) is 5.41 Å². The lowest BCUT2D eigenvalue weighted by Crippen LogP contribution is -2.43. The summed E-state index contributed by atoms with van der Waals surface area (Å²) < 4.78 is 0. The van der Waals surface area contributed by atoms with E-state index >= 15 is 0 Å². The van der Waals surface area contributed by atoms with Gasteiger partial charge in [0.05, 0.1) is 13.2 Å². The molecule has 0 aromatic heterocycles. The van der Waals surface area contributed by atoms with Gasteiger partial charge >= 0.3 is 0 Å². The van der Waals surface area contributed by atoms with E-state index in [0.29, 0.717) is 12.6 Å². The fourth-order valence-corrected chi connectivity index (χ4v) is 1.83. The number of hydrogen-bond donors (Lipinski definition) is 3. The average Bonchev–Trinajstić information content (AvgIpc) is 2.23. The first-order valence-corrected chi connectivity index (χ1v) is 6.45. The highest BCUT2D eigenvalue weighted by Gasteiger charge is 2.22. The van der Waals surface area contributed by atoms with E-state index in [4.69, 9.17) is 10.2 Å². The number of aliphatic hydroxyl groups excluding tert-OH is 2. The molecule has 0 aliphatic heterocycles. The molecule has 1 atom stereocenters. The quantitative estimate of drug-likeness (QED) is 0.565. The number of hydrogen-bond acceptors (Lipinski definition) is 4. The molecule has 0 aliphatic rings. The van der Waals surface area contributed by atoms with Crippen molar-refractivity contribution < 1.29 is 10.2 Å². The number of aliphatic hydroxyl groups is 2. The molecule has 0 fully saturated rings. The van der Waals surface area contributed by atoms with Crippen molar-refractivity contribution >= 4 is 11.8 Å². The predicted octanol–water partition coefficient (Wildman–Crippen LogP) is 0.708. The molecule has 86 valence electrons. The molecule has 3 nitrogen and oxygen atoms in total. The van der Waals surface area contributed by atoms with Crippen LogP contribution in [0.3, 0.4) is 0 Å². The van der Waals surface area contributed by atoms with E-state index < -0.39 is 5.41 Å². The first-order chi connectivity index (χ1) is 6.61. The molecule has 14 heavy (non-hydrogen) atoms. The molecule has 3 N–H and O–H groups in total. The molecule has 0 aromatic rings. The first-order valence-electron chi connectivity index (χ1n) is 5.06. The Balaban J connectivity index is 3.87. The van der Waals surface area contributed by atoms with Crippen LogP contribution in [0.25, 0.3) is 0 Å². The summed E-state index contributed by atoms with van der Waals surface area (Å²) in [6.07, 6.45) is 3.16. The minimum atomic E-state index is -0.397. The van der Waals surface area contributed by atoms with Crippen LogP contribution >= 0.6 is 11.8 Å². The van der Waals surface area contributed by atoms with Crippen LogP contribution in [0.5, 0.6) is 0 Å². The highest BCUT2D eigenvalue weighted by Crippen LogP contribution is 2.13. The molecule has 0 saturated carbocycles. The topological polar surface area (TPSA) is 52.5 Å². The Morgan fingerprint density at radius 3 is 2.29 bits per heavy atom. The maximum Gasteiger partial charge on any atom is 0.0518 e. The summed E-state index contributed by atoms with van der Waals surface area (Å²) >= 11 is 1.81. The van der Waals surface area contributed by atoms with Gasteiger partial charge in [0.15, 0.2) is 0 Å². The van der Waals surface area contributed by atoms with Gasteiger partial charge in [0.25, 0.3) is 0 Å². The van der Waals surface area contributed by atoms with E-state index in [1.807, 2.05) is 18.7 Å². The van der Waals surface area contributed by atoms with Crippen molar-refractivity contribution in [2.24, 2.45) is 5.41 Å². The Hall–Kier alpha value is 0.230. The highest BCUT2D eigenvalue weighted by atomic mass is 32.2. The third-order valence-electron chi connectivity index (χ3n) is 2.44. The molecule has 0 saturated heterocycles. The first kappa shape index (κ1) is 14.2. The lowest BCUT2D eigenvalue weighted by Gasteiger charge is -2.27. The van der Waals surface area contributed by atoms with Crippen molar-refractivity contribution in [3.63, 3.8) is 0 Å². The molecule has 0 rings (SSSR count). The number of thioether (sulfide) groups is 1. The van der Waals surface area contributed by atoms with E-state index in [9.17, 15) is 0 Å². The van der Waals surface area contributed by atoms with Gasteiger partial charge in [-0.05, 0) is 12.7 Å². The number of rotatable bonds is 8. The fourth-order valence-electron chi connectivity index (χ4n) is 1.07. The highest BCUT2D eigenvalue weighted by molar-refractivity contribution is 7.98. The molecule has 0 aliphatic carbocycles. The zero-order valence-electron chi connectivity index (χ0n) is 9.42. The maximum atomic E-state index is 9.10. The van der Waals surface area contributed by atoms with E-state index in [-0.39, 0.29) is 13.2 Å². The van der Waals surface area contributed by atoms with Crippen molar-refractivity contribution in [3.05, 3.63) is 0 Å². The van der Waals surface area contributed by atoms with Crippen molar-refractivity contribution in [2.45, 2.75) is 26.3 Å². The standard InChI is InChI=1S/C10H23NO2S/c1-4-9(5-14-3)11-6-10(2,7-12)8-13/h9,11-13H,4-8H2,1-3H3. The zero-order valence-corrected chi connectivity index (χ0v) is 10.2. The second kappa shape index (κ2) is 7.51. The van der Waals surface area contributed by atoms with Crippen LogP contribution in [-0.4, -0.2) is 48.0 Å². The predicted molar refractivity (Wildman–Crippen MR) is 62.7 cm³/mol. The third-order valence-corrected chi connectivity index (χ3v) is 3.18. The minimum absolute atomic E-state index is 0.0200. The largest absolute Gasteiger partial charge is 0.396 e. The third kappa shape index (κ3) is 5.20. The second-order valence-electron chi connectivity index (χ2n) is 4.07. The summed E-state index contributed by atoms with van der Waals surface area (Å²) in [7, 11) is 0. The van der Waals surface area contributed by atoms with E-state index in [1.165, 1.54) is 0 Å². The Morgan fingerprint density at radius 2 is 1.93 bits per heavy atom. The molecule has 1 unspecified atom stereocenters. The van der Waals surface area contributed by atoms with E-state index in [2.05, 4.69) is 18.5 Å². The number of nitrogens with one attached hydrogen (secondary N) is 1. The van der Waals surface area contributed by atoms with Gasteiger partial charge in [0, 0.05) is 23.8 Å². The second-order valence-corrected chi connectivity index (χ2v) is 4.98. The average molecular weight is 221 g/mol. The molecule has 4 heteroatoms. The Bertz CT molecular complexity index is 140. The van der Waals surface area contributed by atoms with Gasteiger partial charge in [-0.2, -0.15) is 11.8 Å². The SMILES string of the molecule is CCC(CSC)NCC(C)(CO)CO. The van der Waals surface area contributed by atoms with E-state index in [0.717, 1.165) is 12.2 Å². The van der Waals surface area contributed by atoms with Gasteiger partial charge in [-0.25, -0.2) is 0 Å². The van der Waals surface area contributed by atoms with Gasteiger partial charge in [-0.15, -0.1) is 0 Å². The smallest absolute Gasteiger partial charge is 0.0518 e. The lowest BCUT2D eigenvalue weighted by molar-refractivity contribution is 0.0678. The van der Waals surface area contributed by atoms with Crippen LogP contribution in [0.15, 0.2) is 0 Å². The summed E-state index contributed by atoms with van der Waals surface area (Å²) in [5.74, 6) is 1.07. The van der Waals surface area contributed by atoms with Crippen LogP contribution < -0.4 is 5.32 Å². The van der Waals surface area contributed by atoms with Gasteiger partial charge < -0.3 is 15.5 Å². The van der Waals surface area contributed by atoms with Gasteiger partial charge in [0.2, 0.25) is 0 Å². The van der Waals surface area contributed by atoms with Crippen molar-refractivity contribution in [3.8, 4) is 0 Å². The fraction of sp³-hybridized carbons (Fsp3) is 1.00. The van der Waals surface area contributed by atoms with Gasteiger partial charge in [-0.3, -0.25) is 0 Å². The van der Waals surface area contributed by atoms with Gasteiger partial charge in [0.1, 0.15) is 0 Å². The summed E-state index contributed by atoms with van der Waals surface area (Å²) in [4.78, 5) is 0. The van der Waals surface area contributed by atoms with Gasteiger partial charge in [-0.1, -0.05) is 13.8 Å². The maximum absolute atomic E-state index is 9.10. The molecule has 0 heterocycles. The monoisotopic (exact) mass is 221 g/mol. The van der Waals surface area contributed by atoms with Crippen molar-refractivity contribution in [1.82, 2.24) is 5.32 Å². The molecule has 0 radical (unpaired) electrons. The lowest BCUT2D eigenvalue weighted by atomic mass is 9.93. The summed E-state index contributed by atoms with van der Waals surface area (Å²) in [6.45, 7) is 4.73. The van der Waals surface area contributed by atoms with Crippen LogP contribution in [0.4, 0.5) is 0 Å². The van der Waals surface area contributed by atoms with Crippen LogP contribution in [0.1, 0.15) is 20.3 Å². The van der Waals surface area contributed by atoms with E-state index in [1.54, 1.807) is 0 Å². The molecular weight excluding hydrogens is 198 g/mol. The van der Waals surface area contributed by atoms with Crippen molar-refractivity contribution in [1.29, 1.82) is 0 Å². The summed E-state index contributed by atoms with van der Waals surface area (Å²) in [6, 6.07) is 0.474. The minimum Gasteiger partial charge on any atom is -0.396 e. The molecule has 0 bridgehead atoms. The molecule has 0 aromatic carbocycles. The van der Waals surface area contributed by atoms with Crippen molar-refractivity contribution in [2.75, 3.05) is 31.8 Å². The Kier molecular flexibility index (Phi) is 7.64. The molecule has 0 spiro atoms. The Labute approximate surface area is 91.3 Å². The molecular formula is C10H23NO2S. The van der Waals surface area contributed by atoms with Crippen LogP contribution in [-0.2, 0) is 0 Å². The zero-order chi connectivity index (χ0) is 11.0. The summed E-state index contributed by atoms with van der Waals surface area (Å²) in [5.41, 5.74) is -0.397. The normalized spacial score (nSPS) is 14.4. The molecule has 0 amide bonds. The summed E-state index contributed by atoms with van der Waals surface area (Å²) in [5, 5.41) is 21.6.